The first-order valence-corrected chi connectivity index (χ1v) is 8.80. The Morgan fingerprint density at radius 1 is 0.958 bits per heavy atom. The summed E-state index contributed by atoms with van der Waals surface area (Å²) in [7, 11) is 0. The van der Waals surface area contributed by atoms with Crippen molar-refractivity contribution in [3.05, 3.63) is 59.4 Å². The highest BCUT2D eigenvalue weighted by Crippen LogP contribution is 2.16. The fourth-order valence-electron chi connectivity index (χ4n) is 3.14. The van der Waals surface area contributed by atoms with Gasteiger partial charge in [-0.15, -0.1) is 0 Å². The number of piperazine rings is 1. The zero-order valence-electron chi connectivity index (χ0n) is 14.7. The van der Waals surface area contributed by atoms with Crippen LogP contribution in [0.4, 0.5) is 0 Å². The van der Waals surface area contributed by atoms with Crippen molar-refractivity contribution in [1.82, 2.24) is 14.8 Å². The third kappa shape index (κ3) is 4.56. The monoisotopic (exact) mass is 325 g/mol. The Kier molecular flexibility index (Phi) is 5.83. The van der Waals surface area contributed by atoms with Crippen molar-refractivity contribution in [2.75, 3.05) is 32.8 Å². The molecule has 2 aromatic rings. The summed E-state index contributed by atoms with van der Waals surface area (Å²) in [5.74, 6) is 0.957. The molecule has 0 radical (unpaired) electrons. The molecule has 0 aliphatic carbocycles. The van der Waals surface area contributed by atoms with Crippen molar-refractivity contribution in [3.8, 4) is 5.75 Å². The minimum atomic E-state index is 0.720. The summed E-state index contributed by atoms with van der Waals surface area (Å²) in [6.07, 6.45) is 3.85. The Bertz CT molecular complexity index is 634. The smallest absolute Gasteiger partial charge is 0.119 e. The summed E-state index contributed by atoms with van der Waals surface area (Å²) >= 11 is 0. The molecule has 4 heteroatoms. The molecule has 0 saturated carbocycles. The van der Waals surface area contributed by atoms with E-state index in [2.05, 4.69) is 52.0 Å². The summed E-state index contributed by atoms with van der Waals surface area (Å²) in [6.45, 7) is 11.4. The Hall–Kier alpha value is -1.91. The highest BCUT2D eigenvalue weighted by atomic mass is 16.5. The summed E-state index contributed by atoms with van der Waals surface area (Å²) in [5.41, 5.74) is 4.04. The summed E-state index contributed by atoms with van der Waals surface area (Å²) < 4.78 is 5.51. The summed E-state index contributed by atoms with van der Waals surface area (Å²) in [5, 5.41) is 0. The molecule has 0 spiro atoms. The number of rotatable bonds is 6. The number of nitrogens with zero attached hydrogens (tertiary/aromatic N) is 3. The van der Waals surface area contributed by atoms with E-state index >= 15 is 0 Å². The van der Waals surface area contributed by atoms with Gasteiger partial charge in [0, 0.05) is 51.7 Å². The van der Waals surface area contributed by atoms with Crippen LogP contribution in [0.25, 0.3) is 0 Å². The van der Waals surface area contributed by atoms with Gasteiger partial charge in [0.1, 0.15) is 5.75 Å². The lowest BCUT2D eigenvalue weighted by Crippen LogP contribution is -2.45. The average Bonchev–Trinajstić information content (AvgIpc) is 2.61. The maximum absolute atomic E-state index is 5.51. The molecule has 0 amide bonds. The van der Waals surface area contributed by atoms with E-state index in [0.717, 1.165) is 51.6 Å². The van der Waals surface area contributed by atoms with E-state index in [9.17, 15) is 0 Å². The molecule has 24 heavy (non-hydrogen) atoms. The predicted octanol–water partition coefficient (Wildman–Crippen LogP) is 3.11. The quantitative estimate of drug-likeness (QED) is 0.816. The number of ether oxygens (including phenoxy) is 1. The van der Waals surface area contributed by atoms with Crippen molar-refractivity contribution in [2.24, 2.45) is 0 Å². The van der Waals surface area contributed by atoms with E-state index in [1.807, 2.05) is 19.3 Å². The molecule has 128 valence electrons. The van der Waals surface area contributed by atoms with Gasteiger partial charge in [-0.05, 0) is 48.7 Å². The van der Waals surface area contributed by atoms with Gasteiger partial charge < -0.3 is 4.74 Å². The summed E-state index contributed by atoms with van der Waals surface area (Å²) in [6, 6.07) is 10.6. The number of aryl methyl sites for hydroxylation is 1. The second-order valence-corrected chi connectivity index (χ2v) is 6.43. The molecular weight excluding hydrogens is 298 g/mol. The van der Waals surface area contributed by atoms with E-state index in [1.165, 1.54) is 16.7 Å². The molecule has 2 heterocycles. The van der Waals surface area contributed by atoms with Crippen molar-refractivity contribution in [1.29, 1.82) is 0 Å². The van der Waals surface area contributed by atoms with Crippen molar-refractivity contribution < 1.29 is 4.74 Å². The molecule has 1 aliphatic heterocycles. The molecule has 1 aliphatic rings. The zero-order chi connectivity index (χ0) is 16.8. The van der Waals surface area contributed by atoms with Gasteiger partial charge in [-0.3, -0.25) is 14.8 Å². The Labute approximate surface area is 145 Å². The molecule has 1 aromatic heterocycles. The van der Waals surface area contributed by atoms with Crippen molar-refractivity contribution >= 4 is 0 Å². The maximum Gasteiger partial charge on any atom is 0.119 e. The second-order valence-electron chi connectivity index (χ2n) is 6.43. The van der Waals surface area contributed by atoms with Crippen LogP contribution in [0.1, 0.15) is 23.6 Å². The molecule has 0 bridgehead atoms. The summed E-state index contributed by atoms with van der Waals surface area (Å²) in [4.78, 5) is 9.25. The van der Waals surface area contributed by atoms with Crippen LogP contribution in [0.5, 0.6) is 5.75 Å². The minimum absolute atomic E-state index is 0.720. The Morgan fingerprint density at radius 2 is 1.62 bits per heavy atom. The van der Waals surface area contributed by atoms with Crippen LogP contribution in [-0.2, 0) is 13.1 Å². The van der Waals surface area contributed by atoms with Crippen LogP contribution in [0.2, 0.25) is 0 Å². The van der Waals surface area contributed by atoms with Gasteiger partial charge in [0.05, 0.1) is 6.61 Å². The van der Waals surface area contributed by atoms with Crippen molar-refractivity contribution in [3.63, 3.8) is 0 Å². The van der Waals surface area contributed by atoms with Gasteiger partial charge in [0.15, 0.2) is 0 Å². The Balaban J connectivity index is 1.47. The molecule has 3 rings (SSSR count). The highest BCUT2D eigenvalue weighted by molar-refractivity contribution is 5.27. The van der Waals surface area contributed by atoms with Gasteiger partial charge in [-0.2, -0.15) is 0 Å². The van der Waals surface area contributed by atoms with E-state index in [-0.39, 0.29) is 0 Å². The first-order valence-electron chi connectivity index (χ1n) is 8.80. The number of benzene rings is 1. The van der Waals surface area contributed by atoms with Gasteiger partial charge in [0.2, 0.25) is 0 Å². The van der Waals surface area contributed by atoms with Gasteiger partial charge >= 0.3 is 0 Å². The molecule has 1 fully saturated rings. The molecule has 4 nitrogen and oxygen atoms in total. The van der Waals surface area contributed by atoms with Gasteiger partial charge in [0.25, 0.3) is 0 Å². The van der Waals surface area contributed by atoms with Crippen LogP contribution < -0.4 is 4.74 Å². The van der Waals surface area contributed by atoms with E-state index in [0.29, 0.717) is 0 Å². The number of pyridine rings is 1. The fourth-order valence-corrected chi connectivity index (χ4v) is 3.14. The Morgan fingerprint density at radius 3 is 2.25 bits per heavy atom. The lowest BCUT2D eigenvalue weighted by Gasteiger charge is -2.35. The third-order valence-electron chi connectivity index (χ3n) is 4.64. The molecule has 0 atom stereocenters. The van der Waals surface area contributed by atoms with Crippen LogP contribution in [0.15, 0.2) is 42.7 Å². The highest BCUT2D eigenvalue weighted by Gasteiger charge is 2.17. The van der Waals surface area contributed by atoms with Crippen LogP contribution in [-0.4, -0.2) is 47.6 Å². The lowest BCUT2D eigenvalue weighted by molar-refractivity contribution is 0.122. The first-order chi connectivity index (χ1) is 11.7. The molecule has 0 unspecified atom stereocenters. The normalized spacial score (nSPS) is 16.2. The maximum atomic E-state index is 5.51. The molecular formula is C20H27N3O. The fraction of sp³-hybridized carbons (Fsp3) is 0.450. The topological polar surface area (TPSA) is 28.6 Å². The van der Waals surface area contributed by atoms with Gasteiger partial charge in [-0.1, -0.05) is 12.1 Å². The number of aromatic nitrogens is 1. The van der Waals surface area contributed by atoms with Crippen LogP contribution >= 0.6 is 0 Å². The predicted molar refractivity (Wildman–Crippen MR) is 97.1 cm³/mol. The van der Waals surface area contributed by atoms with E-state index in [1.54, 1.807) is 0 Å². The van der Waals surface area contributed by atoms with Crippen LogP contribution in [0, 0.1) is 6.92 Å². The molecule has 1 aromatic carbocycles. The van der Waals surface area contributed by atoms with E-state index < -0.39 is 0 Å². The van der Waals surface area contributed by atoms with Crippen LogP contribution in [0.3, 0.4) is 0 Å². The number of hydrogen-bond acceptors (Lipinski definition) is 4. The standard InChI is InChI=1S/C20H27N3O/c1-3-24-20-6-4-18(5-7-20)15-22-10-12-23(13-11-22)16-19-8-9-21-14-17(19)2/h4-9,14H,3,10-13,15-16H2,1-2H3. The largest absolute Gasteiger partial charge is 0.494 e. The third-order valence-corrected chi connectivity index (χ3v) is 4.64. The lowest BCUT2D eigenvalue weighted by atomic mass is 10.1. The second kappa shape index (κ2) is 8.27. The molecule has 0 N–H and O–H groups in total. The van der Waals surface area contributed by atoms with Gasteiger partial charge in [-0.25, -0.2) is 0 Å². The van der Waals surface area contributed by atoms with E-state index in [4.69, 9.17) is 4.74 Å². The SMILES string of the molecule is CCOc1ccc(CN2CCN(Cc3ccncc3C)CC2)cc1. The molecule has 1 saturated heterocycles. The average molecular weight is 325 g/mol. The van der Waals surface area contributed by atoms with Crippen molar-refractivity contribution in [2.45, 2.75) is 26.9 Å². The first kappa shape index (κ1) is 16.9. The minimum Gasteiger partial charge on any atom is -0.494 e. The zero-order valence-corrected chi connectivity index (χ0v) is 14.7. The number of hydrogen-bond donors (Lipinski definition) is 0.